The number of carboxylic acid groups (broad SMARTS) is 1. The van der Waals surface area contributed by atoms with Gasteiger partial charge < -0.3 is 10.4 Å². The van der Waals surface area contributed by atoms with Gasteiger partial charge in [-0.05, 0) is 12.1 Å². The molecule has 3 N–H and O–H groups in total. The van der Waals surface area contributed by atoms with Gasteiger partial charge >= 0.3 is 18.2 Å². The summed E-state index contributed by atoms with van der Waals surface area (Å²) in [4.78, 5) is 22.0. The summed E-state index contributed by atoms with van der Waals surface area (Å²) in [6, 6.07) is 1.44. The minimum Gasteiger partial charge on any atom is -0.481 e. The summed E-state index contributed by atoms with van der Waals surface area (Å²) in [7, 11) is -4.21. The number of hydrogen-bond donors (Lipinski definition) is 3. The fourth-order valence-corrected chi connectivity index (χ4v) is 4.04. The number of sulfone groups is 1. The van der Waals surface area contributed by atoms with Crippen molar-refractivity contribution in [3.8, 4) is 11.8 Å². The van der Waals surface area contributed by atoms with Gasteiger partial charge in [0.15, 0.2) is 21.3 Å². The van der Waals surface area contributed by atoms with E-state index in [0.29, 0.717) is 23.1 Å². The molecular formula is C16H12Cl2F3N5O5S. The number of aromatic nitrogens is 2. The molecule has 0 aliphatic carbocycles. The van der Waals surface area contributed by atoms with Crippen molar-refractivity contribution in [2.24, 2.45) is 0 Å². The van der Waals surface area contributed by atoms with Crippen LogP contribution in [0.4, 0.5) is 23.8 Å². The van der Waals surface area contributed by atoms with Crippen molar-refractivity contribution in [2.75, 3.05) is 18.1 Å². The zero-order chi connectivity index (χ0) is 24.4. The average Bonchev–Trinajstić information content (AvgIpc) is 2.98. The summed E-state index contributed by atoms with van der Waals surface area (Å²) in [5, 5.41) is 24.7. The van der Waals surface area contributed by atoms with Gasteiger partial charge in [-0.1, -0.05) is 23.2 Å². The van der Waals surface area contributed by atoms with Crippen LogP contribution in [0, 0.1) is 11.3 Å². The van der Waals surface area contributed by atoms with Crippen molar-refractivity contribution in [2.45, 2.75) is 17.5 Å². The third-order valence-corrected chi connectivity index (χ3v) is 5.44. The molecule has 2 amide bonds. The predicted octanol–water partition coefficient (Wildman–Crippen LogP) is 3.07. The summed E-state index contributed by atoms with van der Waals surface area (Å²) >= 11 is 11.9. The Morgan fingerprint density at radius 3 is 2.28 bits per heavy atom. The fraction of sp³-hybridized carbons (Fsp3) is 0.250. The molecule has 0 spiro atoms. The standard InChI is InChI=1S/C16H12Cl2F3N5O5S/c1-32(30,31)13-10(6-22)25-26(14(13)24-15(29)23-3-2-11(27)28)12-8(17)4-7(5-9(12)18)16(19,20)21/h4-5H,2-3H2,1H3,(H,27,28)(H2,23,24,29). The maximum Gasteiger partial charge on any atom is 0.416 e. The van der Waals surface area contributed by atoms with Gasteiger partial charge in [-0.25, -0.2) is 17.9 Å². The Labute approximate surface area is 188 Å². The second kappa shape index (κ2) is 9.23. The number of hydrogen-bond acceptors (Lipinski definition) is 6. The van der Waals surface area contributed by atoms with E-state index in [9.17, 15) is 36.4 Å². The van der Waals surface area contributed by atoms with E-state index in [4.69, 9.17) is 28.3 Å². The first-order valence-electron chi connectivity index (χ1n) is 8.23. The van der Waals surface area contributed by atoms with Crippen LogP contribution in [0.25, 0.3) is 5.69 Å². The maximum atomic E-state index is 13.0. The van der Waals surface area contributed by atoms with E-state index in [1.54, 1.807) is 0 Å². The summed E-state index contributed by atoms with van der Waals surface area (Å²) in [5.74, 6) is -1.86. The van der Waals surface area contributed by atoms with Crippen molar-refractivity contribution < 1.29 is 36.3 Å². The van der Waals surface area contributed by atoms with E-state index in [1.165, 1.54) is 6.07 Å². The second-order valence-electron chi connectivity index (χ2n) is 6.13. The van der Waals surface area contributed by atoms with Crippen LogP contribution < -0.4 is 10.6 Å². The van der Waals surface area contributed by atoms with Crippen LogP contribution in [0.3, 0.4) is 0 Å². The number of anilines is 1. The van der Waals surface area contributed by atoms with Crippen molar-refractivity contribution in [1.29, 1.82) is 5.26 Å². The molecule has 16 heteroatoms. The molecule has 0 aliphatic heterocycles. The highest BCUT2D eigenvalue weighted by molar-refractivity contribution is 7.91. The normalized spacial score (nSPS) is 11.7. The molecule has 0 saturated heterocycles. The quantitative estimate of drug-likeness (QED) is 0.535. The highest BCUT2D eigenvalue weighted by atomic mass is 35.5. The topological polar surface area (TPSA) is 154 Å². The van der Waals surface area contributed by atoms with Crippen molar-refractivity contribution >= 4 is 50.9 Å². The third-order valence-electron chi connectivity index (χ3n) is 3.73. The lowest BCUT2D eigenvalue weighted by atomic mass is 10.2. The van der Waals surface area contributed by atoms with Gasteiger partial charge in [0.25, 0.3) is 0 Å². The Morgan fingerprint density at radius 1 is 1.28 bits per heavy atom. The number of benzene rings is 1. The van der Waals surface area contributed by atoms with E-state index in [0.717, 1.165) is 0 Å². The molecular weight excluding hydrogens is 502 g/mol. The number of urea groups is 1. The summed E-state index contributed by atoms with van der Waals surface area (Å²) < 4.78 is 64.2. The molecule has 1 aromatic heterocycles. The number of rotatable bonds is 6. The first-order chi connectivity index (χ1) is 14.7. The van der Waals surface area contributed by atoms with Crippen LogP contribution in [0.1, 0.15) is 17.7 Å². The number of aliphatic carboxylic acids is 1. The summed E-state index contributed by atoms with van der Waals surface area (Å²) in [5.41, 5.74) is -2.33. The van der Waals surface area contributed by atoms with E-state index < -0.39 is 72.1 Å². The number of nitriles is 1. The summed E-state index contributed by atoms with van der Waals surface area (Å²) in [6.07, 6.45) is -4.54. The van der Waals surface area contributed by atoms with Crippen LogP contribution in [0.15, 0.2) is 17.0 Å². The molecule has 1 aromatic carbocycles. The number of amides is 2. The van der Waals surface area contributed by atoms with Crippen LogP contribution in [-0.4, -0.2) is 48.1 Å². The van der Waals surface area contributed by atoms with Crippen molar-refractivity contribution in [3.05, 3.63) is 33.4 Å². The zero-order valence-electron chi connectivity index (χ0n) is 15.8. The molecule has 2 rings (SSSR count). The monoisotopic (exact) mass is 513 g/mol. The van der Waals surface area contributed by atoms with Gasteiger partial charge in [0.2, 0.25) is 0 Å². The first-order valence-corrected chi connectivity index (χ1v) is 10.9. The van der Waals surface area contributed by atoms with Crippen LogP contribution >= 0.6 is 23.2 Å². The fourth-order valence-electron chi connectivity index (χ4n) is 2.47. The third kappa shape index (κ3) is 5.61. The molecule has 0 radical (unpaired) electrons. The molecule has 0 saturated carbocycles. The van der Waals surface area contributed by atoms with Crippen LogP contribution in [0.5, 0.6) is 0 Å². The van der Waals surface area contributed by atoms with E-state index in [2.05, 4.69) is 15.7 Å². The Morgan fingerprint density at radius 2 is 1.84 bits per heavy atom. The lowest BCUT2D eigenvalue weighted by Crippen LogP contribution is -2.32. The van der Waals surface area contributed by atoms with Gasteiger partial charge in [0, 0.05) is 12.8 Å². The number of halogens is 5. The SMILES string of the molecule is CS(=O)(=O)c1c(C#N)nn(-c2c(Cl)cc(C(F)(F)F)cc2Cl)c1NC(=O)NCCC(=O)O. The largest absolute Gasteiger partial charge is 0.481 e. The highest BCUT2D eigenvalue weighted by Gasteiger charge is 2.34. The van der Waals surface area contributed by atoms with E-state index in [1.807, 2.05) is 0 Å². The Hall–Kier alpha value is -3.02. The highest BCUT2D eigenvalue weighted by Crippen LogP contribution is 2.39. The predicted molar refractivity (Wildman–Crippen MR) is 106 cm³/mol. The van der Waals surface area contributed by atoms with Gasteiger partial charge in [0.1, 0.15) is 16.7 Å². The average molecular weight is 514 g/mol. The minimum atomic E-state index is -4.79. The molecule has 10 nitrogen and oxygen atoms in total. The van der Waals surface area contributed by atoms with Gasteiger partial charge in [-0.15, -0.1) is 0 Å². The molecule has 0 atom stereocenters. The molecule has 0 aliphatic rings. The number of nitrogens with one attached hydrogen (secondary N) is 2. The van der Waals surface area contributed by atoms with Gasteiger partial charge in [-0.3, -0.25) is 10.1 Å². The lowest BCUT2D eigenvalue weighted by Gasteiger charge is -2.15. The Balaban J connectivity index is 2.69. The maximum absolute atomic E-state index is 13.0. The molecule has 0 fully saturated rings. The van der Waals surface area contributed by atoms with Crippen LogP contribution in [-0.2, 0) is 20.8 Å². The number of carbonyl (C=O) groups is 2. The minimum absolute atomic E-state index is 0.337. The molecule has 1 heterocycles. The Bertz CT molecular complexity index is 1210. The number of nitrogens with zero attached hydrogens (tertiary/aromatic N) is 3. The second-order valence-corrected chi connectivity index (χ2v) is 8.90. The van der Waals surface area contributed by atoms with Gasteiger partial charge in [-0.2, -0.15) is 23.5 Å². The van der Waals surface area contributed by atoms with Gasteiger partial charge in [0.05, 0.1) is 22.0 Å². The first kappa shape index (κ1) is 25.2. The van der Waals surface area contributed by atoms with E-state index >= 15 is 0 Å². The number of alkyl halides is 3. The molecule has 32 heavy (non-hydrogen) atoms. The zero-order valence-corrected chi connectivity index (χ0v) is 18.1. The van der Waals surface area contributed by atoms with Crippen molar-refractivity contribution in [3.63, 3.8) is 0 Å². The molecule has 172 valence electrons. The smallest absolute Gasteiger partial charge is 0.416 e. The number of carboxylic acids is 1. The van der Waals surface area contributed by atoms with Crippen LogP contribution in [0.2, 0.25) is 10.0 Å². The molecule has 0 bridgehead atoms. The Kier molecular flexibility index (Phi) is 7.28. The lowest BCUT2D eigenvalue weighted by molar-refractivity contribution is -0.138. The molecule has 0 unspecified atom stereocenters. The molecule has 2 aromatic rings. The van der Waals surface area contributed by atoms with E-state index in [-0.39, 0.29) is 6.54 Å². The number of carbonyl (C=O) groups excluding carboxylic acids is 1. The van der Waals surface area contributed by atoms with Crippen molar-refractivity contribution in [1.82, 2.24) is 15.1 Å². The summed E-state index contributed by atoms with van der Waals surface area (Å²) in [6.45, 7) is -0.337.